The van der Waals surface area contributed by atoms with E-state index in [1.54, 1.807) is 71.6 Å². The predicted octanol–water partition coefficient (Wildman–Crippen LogP) is 3.72. The third-order valence-corrected chi connectivity index (χ3v) is 11.5. The van der Waals surface area contributed by atoms with Crippen LogP contribution in [0.25, 0.3) is 0 Å². The molecule has 3 amide bonds. The summed E-state index contributed by atoms with van der Waals surface area (Å²) >= 11 is 16.1. The summed E-state index contributed by atoms with van der Waals surface area (Å²) in [6.07, 6.45) is 3.52. The summed E-state index contributed by atoms with van der Waals surface area (Å²) in [5.41, 5.74) is 1.30. The summed E-state index contributed by atoms with van der Waals surface area (Å²) in [4.78, 5) is 64.9. The van der Waals surface area contributed by atoms with Crippen molar-refractivity contribution in [2.24, 2.45) is 0 Å². The summed E-state index contributed by atoms with van der Waals surface area (Å²) in [5.74, 6) is -2.99. The van der Waals surface area contributed by atoms with Crippen molar-refractivity contribution < 1.29 is 38.8 Å². The molecule has 0 bridgehead atoms. The van der Waals surface area contributed by atoms with E-state index in [0.717, 1.165) is 10.5 Å². The van der Waals surface area contributed by atoms with Gasteiger partial charge in [0.1, 0.15) is 23.2 Å². The van der Waals surface area contributed by atoms with Gasteiger partial charge in [-0.3, -0.25) is 19.3 Å². The number of halogens is 2. The number of nitrogens with zero attached hydrogens (tertiary/aromatic N) is 2. The second-order valence-electron chi connectivity index (χ2n) is 10.7. The second kappa shape index (κ2) is 16.1. The van der Waals surface area contributed by atoms with Crippen LogP contribution in [0.4, 0.5) is 0 Å². The quantitative estimate of drug-likeness (QED) is 0.109. The van der Waals surface area contributed by atoms with Crippen LogP contribution < -0.4 is 15.2 Å². The van der Waals surface area contributed by atoms with Gasteiger partial charge in [-0.05, 0) is 29.3 Å². The molecule has 2 aromatic carbocycles. The van der Waals surface area contributed by atoms with E-state index < -0.39 is 41.2 Å². The van der Waals surface area contributed by atoms with E-state index in [9.17, 15) is 34.2 Å². The van der Waals surface area contributed by atoms with E-state index in [1.807, 2.05) is 6.07 Å². The molecule has 1 fully saturated rings. The lowest BCUT2D eigenvalue weighted by Crippen LogP contribution is -2.70. The molecule has 0 aliphatic carbocycles. The number of aliphatic carboxylic acids is 2. The van der Waals surface area contributed by atoms with Crippen molar-refractivity contribution in [2.75, 3.05) is 17.3 Å². The maximum atomic E-state index is 13.0. The highest BCUT2D eigenvalue weighted by Gasteiger charge is 2.54. The van der Waals surface area contributed by atoms with Gasteiger partial charge in [-0.15, -0.1) is 35.3 Å². The van der Waals surface area contributed by atoms with E-state index in [2.05, 4.69) is 10.6 Å². The molecule has 250 valence electrons. The van der Waals surface area contributed by atoms with Gasteiger partial charge < -0.3 is 20.8 Å². The molecule has 2 aliphatic rings. The average molecular weight is 749 g/mol. The summed E-state index contributed by atoms with van der Waals surface area (Å²) in [6, 6.07) is 15.6. The topological polar surface area (TPSA) is 157 Å². The standard InChI is InChI=1S/C32H28Cl2N4O7S3/c33-20-6-7-22(34)24(13-20)47-17-26(40)36-27-29(41)38-28(32(44)45)19(16-48-30(27)38)15-46-21-8-10-37(11-9-21)14-25(39)35-23(31(42)43)12-18-4-2-1-3-5-18/h1-11,13,23,27,30H,12,14-17H2,(H3-,35,36,39,40,42,43,44,45)/p+1/t23?,27-,30+/m0/s1. The number of rotatable bonds is 14. The van der Waals surface area contributed by atoms with E-state index in [-0.39, 0.29) is 30.3 Å². The van der Waals surface area contributed by atoms with Gasteiger partial charge in [0, 0.05) is 44.9 Å². The van der Waals surface area contributed by atoms with E-state index in [4.69, 9.17) is 23.2 Å². The van der Waals surface area contributed by atoms with Crippen molar-refractivity contribution in [3.05, 3.63) is 99.9 Å². The Kier molecular flexibility index (Phi) is 12.0. The van der Waals surface area contributed by atoms with Gasteiger partial charge in [-0.1, -0.05) is 53.5 Å². The third-order valence-electron chi connectivity index (χ3n) is 7.33. The summed E-state index contributed by atoms with van der Waals surface area (Å²) in [6.45, 7) is -0.0856. The van der Waals surface area contributed by atoms with Crippen molar-refractivity contribution in [3.63, 3.8) is 0 Å². The minimum absolute atomic E-state index is 0.00358. The average Bonchev–Trinajstić information content (AvgIpc) is 3.06. The smallest absolute Gasteiger partial charge is 0.352 e. The van der Waals surface area contributed by atoms with E-state index in [0.29, 0.717) is 32.0 Å². The van der Waals surface area contributed by atoms with Crippen molar-refractivity contribution in [1.29, 1.82) is 0 Å². The molecule has 48 heavy (non-hydrogen) atoms. The number of fused-ring (bicyclic) bond motifs is 1. The van der Waals surface area contributed by atoms with Crippen molar-refractivity contribution in [3.8, 4) is 0 Å². The Morgan fingerprint density at radius 2 is 1.73 bits per heavy atom. The monoisotopic (exact) mass is 747 g/mol. The summed E-state index contributed by atoms with van der Waals surface area (Å²) in [5, 5.41) is 25.3. The Morgan fingerprint density at radius 1 is 1.00 bits per heavy atom. The van der Waals surface area contributed by atoms with Gasteiger partial charge >= 0.3 is 11.9 Å². The van der Waals surface area contributed by atoms with E-state index >= 15 is 0 Å². The maximum absolute atomic E-state index is 13.0. The van der Waals surface area contributed by atoms with Crippen LogP contribution in [0.5, 0.6) is 0 Å². The molecule has 4 N–H and O–H groups in total. The molecule has 3 aromatic rings. The fourth-order valence-electron chi connectivity index (χ4n) is 5.01. The predicted molar refractivity (Wildman–Crippen MR) is 184 cm³/mol. The molecule has 3 atom stereocenters. The number of β-lactam (4-membered cyclic amide) rings is 1. The fourth-order valence-corrected chi connectivity index (χ4v) is 8.69. The first-order chi connectivity index (χ1) is 23.0. The molecule has 0 saturated carbocycles. The number of amides is 3. The van der Waals surface area contributed by atoms with Crippen LogP contribution in [-0.4, -0.2) is 79.5 Å². The molecule has 0 spiro atoms. The molecule has 2 aliphatic heterocycles. The van der Waals surface area contributed by atoms with Crippen molar-refractivity contribution in [1.82, 2.24) is 15.5 Å². The van der Waals surface area contributed by atoms with Crippen molar-refractivity contribution in [2.45, 2.75) is 40.2 Å². The van der Waals surface area contributed by atoms with Crippen LogP contribution in [0.1, 0.15) is 5.56 Å². The molecular weight excluding hydrogens is 719 g/mol. The first-order valence-electron chi connectivity index (χ1n) is 14.5. The summed E-state index contributed by atoms with van der Waals surface area (Å²) < 4.78 is 1.61. The molecule has 16 heteroatoms. The van der Waals surface area contributed by atoms with Crippen LogP contribution in [0, 0.1) is 0 Å². The second-order valence-corrected chi connectivity index (χ2v) is 14.7. The number of aromatic nitrogens is 1. The van der Waals surface area contributed by atoms with Crippen LogP contribution in [-0.2, 0) is 36.9 Å². The van der Waals surface area contributed by atoms with Crippen LogP contribution in [0.3, 0.4) is 0 Å². The number of hydrogen-bond acceptors (Lipinski definition) is 8. The number of nitrogens with one attached hydrogen (secondary N) is 2. The zero-order chi connectivity index (χ0) is 34.4. The van der Waals surface area contributed by atoms with Crippen LogP contribution in [0.15, 0.2) is 94.1 Å². The van der Waals surface area contributed by atoms with Gasteiger partial charge in [-0.2, -0.15) is 4.57 Å². The lowest BCUT2D eigenvalue weighted by atomic mass is 10.0. The number of carboxylic acid groups (broad SMARTS) is 2. The number of benzene rings is 2. The molecule has 5 rings (SSSR count). The minimum atomic E-state index is -1.22. The number of thioether (sulfide) groups is 3. The lowest BCUT2D eigenvalue weighted by molar-refractivity contribution is -0.684. The number of carboxylic acids is 2. The Labute approximate surface area is 298 Å². The molecule has 11 nitrogen and oxygen atoms in total. The first kappa shape index (κ1) is 35.6. The van der Waals surface area contributed by atoms with Crippen LogP contribution in [0.2, 0.25) is 10.0 Å². The molecule has 3 heterocycles. The largest absolute Gasteiger partial charge is 0.480 e. The fraction of sp³-hybridized carbons (Fsp3) is 0.250. The maximum Gasteiger partial charge on any atom is 0.352 e. The molecule has 1 unspecified atom stereocenters. The molecule has 0 radical (unpaired) electrons. The highest BCUT2D eigenvalue weighted by Crippen LogP contribution is 2.41. The zero-order valence-electron chi connectivity index (χ0n) is 25.0. The zero-order valence-corrected chi connectivity index (χ0v) is 29.0. The van der Waals surface area contributed by atoms with Gasteiger partial charge in [0.15, 0.2) is 12.4 Å². The van der Waals surface area contributed by atoms with Crippen molar-refractivity contribution >= 4 is 88.1 Å². The highest BCUT2D eigenvalue weighted by molar-refractivity contribution is 8.01. The lowest BCUT2D eigenvalue weighted by Gasteiger charge is -2.49. The van der Waals surface area contributed by atoms with Crippen LogP contribution >= 0.6 is 58.5 Å². The number of carbonyl (C=O) groups is 5. The molecule has 1 aromatic heterocycles. The van der Waals surface area contributed by atoms with E-state index in [1.165, 1.54) is 40.2 Å². The minimum Gasteiger partial charge on any atom is -0.480 e. The molecular formula is C32H29Cl2N4O7S3+. The normalized spacial score (nSPS) is 17.6. The number of pyridine rings is 1. The van der Waals surface area contributed by atoms with Gasteiger partial charge in [0.05, 0.1) is 10.8 Å². The Hall–Kier alpha value is -3.69. The van der Waals surface area contributed by atoms with Gasteiger partial charge in [-0.25, -0.2) is 9.59 Å². The Morgan fingerprint density at radius 3 is 2.42 bits per heavy atom. The number of carbonyl (C=O) groups excluding carboxylic acids is 3. The Balaban J connectivity index is 1.13. The third kappa shape index (κ3) is 8.85. The number of hydrogen-bond donors (Lipinski definition) is 4. The Bertz CT molecular complexity index is 1760. The first-order valence-corrected chi connectivity index (χ1v) is 18.2. The van der Waals surface area contributed by atoms with Gasteiger partial charge in [0.25, 0.3) is 11.8 Å². The highest BCUT2D eigenvalue weighted by atomic mass is 35.5. The summed E-state index contributed by atoms with van der Waals surface area (Å²) in [7, 11) is 0. The SMILES string of the molecule is O=C(C[n+]1ccc(SCC2=C(C(=O)O)N3C(=O)[C@H](NC(=O)CSc4cc(Cl)ccc4Cl)[C@H]3SC2)cc1)NC(Cc1ccccc1)C(=O)O. The molecule has 1 saturated heterocycles. The van der Waals surface area contributed by atoms with Gasteiger partial charge in [0.2, 0.25) is 12.5 Å².